The van der Waals surface area contributed by atoms with Gasteiger partial charge in [-0.1, -0.05) is 106 Å². The third-order valence-electron chi connectivity index (χ3n) is 13.6. The summed E-state index contributed by atoms with van der Waals surface area (Å²) in [6.45, 7) is 39.5. The Balaban J connectivity index is 0.000000149. The number of benzene rings is 5. The summed E-state index contributed by atoms with van der Waals surface area (Å²) < 4.78 is 10.9. The molecule has 0 saturated heterocycles. The summed E-state index contributed by atoms with van der Waals surface area (Å²) in [7, 11) is 2.03. The van der Waals surface area contributed by atoms with Gasteiger partial charge >= 0.3 is 0 Å². The number of aryl methyl sites for hydroxylation is 3. The Kier molecular flexibility index (Phi) is 18.7. The standard InChI is InChI=1S/C14H20N2.2C13H18N2.C12H16N2.C11H14N2/c1-10(2)11-6-7-12-13(8-11)16(9-15-12)14(3,4)5;1-9(2)11-5-6-12-13(7-11)15(8-14-12)10(3)4;1-4-7-15-9-14-12-6-5-11(10(2)3)8-13(12)15;1-4-14-8-13-11-6-5-10(9(2)3)7-12(11)14;1-8(2)9-4-5-10-11(6-9)13(3)7-12-10/h6-10H,1-5H3;5-10H,1-4H3;5-6,8-10H,4,7H2,1-3H3;5-9H,4H2,1-3H3;4-8H,1-3H3. The van der Waals surface area contributed by atoms with Crippen LogP contribution >= 0.6 is 0 Å². The van der Waals surface area contributed by atoms with Crippen LogP contribution in [0.15, 0.2) is 123 Å². The van der Waals surface area contributed by atoms with Gasteiger partial charge < -0.3 is 22.8 Å². The highest BCUT2D eigenvalue weighted by atomic mass is 15.1. The van der Waals surface area contributed by atoms with E-state index in [0.29, 0.717) is 35.6 Å². The molecule has 0 aliphatic heterocycles. The SMILES string of the molecule is CC(C)c1ccc2ncn(C(C)(C)C)c2c1.CC(C)c1ccc2ncn(C(C)C)c2c1.CC(C)c1ccc2ncn(C)c2c1.CCCn1cnc2ccc(C(C)C)cc21.CCn1cnc2ccc(C(C)C)cc21. The van der Waals surface area contributed by atoms with Crippen molar-refractivity contribution >= 4 is 55.2 Å². The summed E-state index contributed by atoms with van der Waals surface area (Å²) in [5.74, 6) is 2.89. The van der Waals surface area contributed by atoms with Crippen LogP contribution in [-0.2, 0) is 25.7 Å². The Morgan fingerprint density at radius 1 is 0.397 bits per heavy atom. The van der Waals surface area contributed by atoms with E-state index in [2.05, 4.69) is 256 Å². The topological polar surface area (TPSA) is 89.1 Å². The fourth-order valence-electron chi connectivity index (χ4n) is 8.77. The van der Waals surface area contributed by atoms with Crippen molar-refractivity contribution in [3.8, 4) is 0 Å². The van der Waals surface area contributed by atoms with Gasteiger partial charge in [-0.2, -0.15) is 0 Å². The van der Waals surface area contributed by atoms with Gasteiger partial charge in [0.1, 0.15) is 0 Å². The molecule has 10 aromatic rings. The first-order chi connectivity index (χ1) is 34.6. The fourth-order valence-corrected chi connectivity index (χ4v) is 8.77. The molecule has 73 heavy (non-hydrogen) atoms. The van der Waals surface area contributed by atoms with Crippen LogP contribution in [0.5, 0.6) is 0 Å². The molecule has 0 N–H and O–H groups in total. The van der Waals surface area contributed by atoms with Gasteiger partial charge in [-0.25, -0.2) is 24.9 Å². The van der Waals surface area contributed by atoms with Crippen molar-refractivity contribution in [1.29, 1.82) is 0 Å². The van der Waals surface area contributed by atoms with Crippen molar-refractivity contribution in [1.82, 2.24) is 47.8 Å². The maximum atomic E-state index is 4.45. The van der Waals surface area contributed by atoms with E-state index in [0.717, 1.165) is 47.1 Å². The van der Waals surface area contributed by atoms with Crippen LogP contribution in [0.3, 0.4) is 0 Å². The van der Waals surface area contributed by atoms with Gasteiger partial charge in [0.05, 0.1) is 86.8 Å². The van der Waals surface area contributed by atoms with Crippen molar-refractivity contribution < 1.29 is 0 Å². The Morgan fingerprint density at radius 3 is 1.16 bits per heavy atom. The lowest BCUT2D eigenvalue weighted by Crippen LogP contribution is -2.20. The second-order valence-corrected chi connectivity index (χ2v) is 22.4. The quantitative estimate of drug-likeness (QED) is 0.144. The molecule has 5 aromatic heterocycles. The van der Waals surface area contributed by atoms with Crippen molar-refractivity contribution in [2.24, 2.45) is 7.05 Å². The number of imidazole rings is 5. The molecule has 0 bridgehead atoms. The Hall–Kier alpha value is -6.55. The van der Waals surface area contributed by atoms with Crippen molar-refractivity contribution in [2.45, 2.75) is 178 Å². The maximum Gasteiger partial charge on any atom is 0.0963 e. The molecule has 0 unspecified atom stereocenters. The highest BCUT2D eigenvalue weighted by molar-refractivity contribution is 5.79. The molecular weight excluding hydrogens is 897 g/mol. The Labute approximate surface area is 437 Å². The number of hydrogen-bond donors (Lipinski definition) is 0. The van der Waals surface area contributed by atoms with Crippen LogP contribution in [0.1, 0.15) is 188 Å². The molecule has 0 saturated carbocycles. The lowest BCUT2D eigenvalue weighted by molar-refractivity contribution is 0.408. The van der Waals surface area contributed by atoms with Crippen LogP contribution in [0.4, 0.5) is 0 Å². The molecule has 0 amide bonds. The van der Waals surface area contributed by atoms with Crippen molar-refractivity contribution in [3.63, 3.8) is 0 Å². The third-order valence-corrected chi connectivity index (χ3v) is 13.6. The number of nitrogens with zero attached hydrogens (tertiary/aromatic N) is 10. The van der Waals surface area contributed by atoms with E-state index in [-0.39, 0.29) is 5.54 Å². The molecule has 0 fully saturated rings. The second kappa shape index (κ2) is 24.4. The molecule has 0 aliphatic carbocycles. The summed E-state index contributed by atoms with van der Waals surface area (Å²) in [5.41, 5.74) is 18.6. The second-order valence-electron chi connectivity index (χ2n) is 22.4. The van der Waals surface area contributed by atoms with E-state index in [1.54, 1.807) is 0 Å². The van der Waals surface area contributed by atoms with E-state index < -0.39 is 0 Å². The fraction of sp³-hybridized carbons (Fsp3) is 0.444. The highest BCUT2D eigenvalue weighted by Gasteiger charge is 2.17. The average molecular weight is 983 g/mol. The summed E-state index contributed by atoms with van der Waals surface area (Å²) in [4.78, 5) is 21.9. The van der Waals surface area contributed by atoms with Gasteiger partial charge in [-0.15, -0.1) is 0 Å². The zero-order chi connectivity index (χ0) is 53.3. The van der Waals surface area contributed by atoms with Gasteiger partial charge in [-0.3, -0.25) is 0 Å². The van der Waals surface area contributed by atoms with E-state index in [9.17, 15) is 0 Å². The number of fused-ring (bicyclic) bond motifs is 5. The average Bonchev–Trinajstić information content (AvgIpc) is 4.21. The summed E-state index contributed by atoms with van der Waals surface area (Å²) in [6, 6.07) is 33.1. The molecule has 10 heteroatoms. The summed E-state index contributed by atoms with van der Waals surface area (Å²) in [6.07, 6.45) is 10.7. The van der Waals surface area contributed by atoms with Crippen molar-refractivity contribution in [3.05, 3.63) is 150 Å². The van der Waals surface area contributed by atoms with E-state index >= 15 is 0 Å². The molecule has 10 nitrogen and oxygen atoms in total. The largest absolute Gasteiger partial charge is 0.334 e. The van der Waals surface area contributed by atoms with E-state index in [1.807, 2.05) is 38.7 Å². The minimum atomic E-state index is 0.0877. The van der Waals surface area contributed by atoms with Gasteiger partial charge in [0.25, 0.3) is 0 Å². The predicted octanol–water partition coefficient (Wildman–Crippen LogP) is 17.1. The van der Waals surface area contributed by atoms with Crippen LogP contribution in [0.25, 0.3) is 55.2 Å². The molecule has 0 atom stereocenters. The smallest absolute Gasteiger partial charge is 0.0963 e. The Morgan fingerprint density at radius 2 is 0.740 bits per heavy atom. The number of rotatable bonds is 9. The monoisotopic (exact) mass is 983 g/mol. The van der Waals surface area contributed by atoms with Gasteiger partial charge in [0, 0.05) is 31.7 Å². The maximum absolute atomic E-state index is 4.45. The zero-order valence-electron chi connectivity index (χ0n) is 47.6. The first kappa shape index (κ1) is 55.8. The first-order valence-corrected chi connectivity index (χ1v) is 26.9. The van der Waals surface area contributed by atoms with E-state index in [1.165, 1.54) is 55.4 Å². The summed E-state index contributed by atoms with van der Waals surface area (Å²) >= 11 is 0. The van der Waals surface area contributed by atoms with Crippen LogP contribution in [0, 0.1) is 0 Å². The molecule has 0 spiro atoms. The van der Waals surface area contributed by atoms with Crippen LogP contribution < -0.4 is 0 Å². The van der Waals surface area contributed by atoms with Crippen molar-refractivity contribution in [2.75, 3.05) is 0 Å². The summed E-state index contributed by atoms with van der Waals surface area (Å²) in [5, 5.41) is 0. The van der Waals surface area contributed by atoms with Gasteiger partial charge in [-0.05, 0) is 166 Å². The van der Waals surface area contributed by atoms with Crippen LogP contribution in [0.2, 0.25) is 0 Å². The van der Waals surface area contributed by atoms with Crippen LogP contribution in [-0.4, -0.2) is 47.8 Å². The zero-order valence-corrected chi connectivity index (χ0v) is 47.6. The molecule has 10 rings (SSSR count). The Bertz CT molecular complexity index is 3320. The molecule has 0 aliphatic rings. The van der Waals surface area contributed by atoms with Gasteiger partial charge in [0.15, 0.2) is 0 Å². The predicted molar refractivity (Wildman–Crippen MR) is 311 cm³/mol. The lowest BCUT2D eigenvalue weighted by atomic mass is 10.0. The lowest BCUT2D eigenvalue weighted by Gasteiger charge is -2.22. The molecular formula is C63H86N10. The minimum absolute atomic E-state index is 0.0877. The third kappa shape index (κ3) is 13.7. The minimum Gasteiger partial charge on any atom is -0.334 e. The van der Waals surface area contributed by atoms with E-state index in [4.69, 9.17) is 0 Å². The van der Waals surface area contributed by atoms with Gasteiger partial charge in [0.2, 0.25) is 0 Å². The normalized spacial score (nSPS) is 11.8. The number of hydrogen-bond acceptors (Lipinski definition) is 5. The molecule has 5 heterocycles. The highest BCUT2D eigenvalue weighted by Crippen LogP contribution is 2.27. The first-order valence-electron chi connectivity index (χ1n) is 26.9. The molecule has 0 radical (unpaired) electrons. The number of aromatic nitrogens is 10. The molecule has 388 valence electrons. The molecule has 5 aromatic carbocycles.